The van der Waals surface area contributed by atoms with Gasteiger partial charge in [-0.3, -0.25) is 0 Å². The topological polar surface area (TPSA) is 151 Å². The van der Waals surface area contributed by atoms with E-state index >= 15 is 0 Å². The fourth-order valence-corrected chi connectivity index (χ4v) is 3.24. The van der Waals surface area contributed by atoms with Crippen LogP contribution in [0.15, 0.2) is 18.2 Å². The van der Waals surface area contributed by atoms with Crippen molar-refractivity contribution >= 4 is 32.7 Å². The molecule has 10 nitrogen and oxygen atoms in total. The second kappa shape index (κ2) is 7.65. The number of aliphatic carboxylic acids is 1. The zero-order valence-corrected chi connectivity index (χ0v) is 14.3. The third-order valence-electron chi connectivity index (χ3n) is 3.67. The van der Waals surface area contributed by atoms with Crippen molar-refractivity contribution in [2.45, 2.75) is 37.1 Å². The lowest BCUT2D eigenvalue weighted by Gasteiger charge is -2.37. The molecule has 2 heterocycles. The molecule has 1 aromatic heterocycles. The average Bonchev–Trinajstić information content (AvgIpc) is 2.99. The Hall–Kier alpha value is -2.23. The maximum Gasteiger partial charge on any atom is 0.573 e. The molecule has 2 aromatic rings. The summed E-state index contributed by atoms with van der Waals surface area (Å²) in [6, 6.07) is 3.46. The van der Waals surface area contributed by atoms with Gasteiger partial charge in [0.25, 0.3) is 0 Å². The summed E-state index contributed by atoms with van der Waals surface area (Å²) >= 11 is 0.876. The van der Waals surface area contributed by atoms with Gasteiger partial charge in [0.05, 0.1) is 10.2 Å². The normalized spacial score (nSPS) is 28.3. The number of benzene rings is 1. The molecule has 0 unspecified atom stereocenters. The van der Waals surface area contributed by atoms with Gasteiger partial charge in [-0.05, 0) is 12.1 Å². The second-order valence-electron chi connectivity index (χ2n) is 5.65. The fourth-order valence-electron chi connectivity index (χ4n) is 2.40. The van der Waals surface area contributed by atoms with Crippen LogP contribution in [-0.4, -0.2) is 68.4 Å². The molecule has 1 aliphatic heterocycles. The quantitative estimate of drug-likeness (QED) is 0.426. The first-order valence-electron chi connectivity index (χ1n) is 7.55. The molecule has 14 heteroatoms. The van der Waals surface area contributed by atoms with Crippen LogP contribution in [0.3, 0.4) is 0 Å². The lowest BCUT2D eigenvalue weighted by Crippen LogP contribution is -2.60. The van der Waals surface area contributed by atoms with E-state index in [0.29, 0.717) is 10.2 Å². The van der Waals surface area contributed by atoms with E-state index in [2.05, 4.69) is 15.2 Å². The Labute approximate surface area is 157 Å². The molecular formula is C14H13F3N2O8S. The summed E-state index contributed by atoms with van der Waals surface area (Å²) < 4.78 is 45.8. The summed E-state index contributed by atoms with van der Waals surface area (Å²) in [5, 5.41) is 38.1. The van der Waals surface area contributed by atoms with Gasteiger partial charge in [0, 0.05) is 6.07 Å². The third kappa shape index (κ3) is 4.43. The molecule has 1 aliphatic rings. The van der Waals surface area contributed by atoms with Gasteiger partial charge in [-0.15, -0.1) is 13.2 Å². The van der Waals surface area contributed by atoms with Crippen LogP contribution in [0.4, 0.5) is 18.3 Å². The van der Waals surface area contributed by atoms with E-state index in [1.807, 2.05) is 0 Å². The zero-order chi connectivity index (χ0) is 20.6. The van der Waals surface area contributed by atoms with Crippen molar-refractivity contribution in [1.29, 1.82) is 0 Å². The number of nitrogens with zero attached hydrogens (tertiary/aromatic N) is 1. The number of hydrogen-bond acceptors (Lipinski definition) is 10. The highest BCUT2D eigenvalue weighted by Gasteiger charge is 2.47. The lowest BCUT2D eigenvalue weighted by atomic mass is 9.99. The second-order valence-corrected chi connectivity index (χ2v) is 6.68. The molecule has 0 bridgehead atoms. The summed E-state index contributed by atoms with van der Waals surface area (Å²) in [6.07, 6.45) is -13.9. The SMILES string of the molecule is O=C(O)[C@H]1O[C@@H](ONc2nc3ccc(OC(F)(F)F)cc3s2)[C@H](O)[C@@H](O)[C@@H]1O. The third-order valence-corrected chi connectivity index (χ3v) is 4.58. The van der Waals surface area contributed by atoms with Crippen molar-refractivity contribution in [1.82, 2.24) is 4.98 Å². The van der Waals surface area contributed by atoms with E-state index < -0.39 is 48.8 Å². The highest BCUT2D eigenvalue weighted by Crippen LogP contribution is 2.32. The molecule has 28 heavy (non-hydrogen) atoms. The van der Waals surface area contributed by atoms with E-state index in [-0.39, 0.29) is 5.13 Å². The molecule has 0 radical (unpaired) electrons. The molecule has 0 saturated carbocycles. The number of anilines is 1. The Bertz CT molecular complexity index is 863. The average molecular weight is 426 g/mol. The van der Waals surface area contributed by atoms with Gasteiger partial charge in [-0.2, -0.15) is 0 Å². The van der Waals surface area contributed by atoms with E-state index in [0.717, 1.165) is 23.5 Å². The molecule has 1 saturated heterocycles. The Balaban J connectivity index is 1.69. The summed E-state index contributed by atoms with van der Waals surface area (Å²) in [5.41, 5.74) is 2.58. The van der Waals surface area contributed by atoms with Gasteiger partial charge in [0.15, 0.2) is 6.10 Å². The number of carbonyl (C=O) groups is 1. The number of hydrogen-bond donors (Lipinski definition) is 5. The Kier molecular flexibility index (Phi) is 5.60. The van der Waals surface area contributed by atoms with E-state index in [9.17, 15) is 33.3 Å². The number of aromatic nitrogens is 1. The van der Waals surface area contributed by atoms with Gasteiger partial charge in [-0.1, -0.05) is 11.3 Å². The largest absolute Gasteiger partial charge is 0.573 e. The number of aliphatic hydroxyl groups excluding tert-OH is 3. The minimum Gasteiger partial charge on any atom is -0.479 e. The summed E-state index contributed by atoms with van der Waals surface area (Å²) in [4.78, 5) is 20.1. The predicted octanol–water partition coefficient (Wildman–Crippen LogP) is 0.431. The highest BCUT2D eigenvalue weighted by molar-refractivity contribution is 7.22. The van der Waals surface area contributed by atoms with E-state index in [4.69, 9.17) is 14.7 Å². The van der Waals surface area contributed by atoms with Crippen LogP contribution < -0.4 is 10.2 Å². The Morgan fingerprint density at radius 1 is 1.21 bits per heavy atom. The van der Waals surface area contributed by atoms with Crippen molar-refractivity contribution in [3.8, 4) is 5.75 Å². The molecule has 5 N–H and O–H groups in total. The van der Waals surface area contributed by atoms with Crippen LogP contribution in [0.25, 0.3) is 10.2 Å². The van der Waals surface area contributed by atoms with Crippen LogP contribution in [0.1, 0.15) is 0 Å². The number of alkyl halides is 3. The van der Waals surface area contributed by atoms with Crippen LogP contribution in [0.5, 0.6) is 5.75 Å². The van der Waals surface area contributed by atoms with Gasteiger partial charge in [0.2, 0.25) is 11.4 Å². The molecule has 3 rings (SSSR count). The summed E-state index contributed by atoms with van der Waals surface area (Å²) in [7, 11) is 0. The van der Waals surface area contributed by atoms with Crippen LogP contribution in [0, 0.1) is 0 Å². The van der Waals surface area contributed by atoms with E-state index in [1.165, 1.54) is 6.07 Å². The number of thiazole rings is 1. The number of halogens is 3. The number of carboxylic acid groups (broad SMARTS) is 1. The first kappa shape index (κ1) is 20.5. The fraction of sp³-hybridized carbons (Fsp3) is 0.429. The molecular weight excluding hydrogens is 413 g/mol. The Morgan fingerprint density at radius 2 is 1.93 bits per heavy atom. The van der Waals surface area contributed by atoms with Gasteiger partial charge < -0.3 is 29.9 Å². The van der Waals surface area contributed by atoms with Gasteiger partial charge in [0.1, 0.15) is 24.1 Å². The van der Waals surface area contributed by atoms with E-state index in [1.54, 1.807) is 0 Å². The predicted molar refractivity (Wildman–Crippen MR) is 85.3 cm³/mol. The van der Waals surface area contributed by atoms with Crippen LogP contribution in [-0.2, 0) is 14.4 Å². The van der Waals surface area contributed by atoms with Crippen molar-refractivity contribution < 1.29 is 52.7 Å². The van der Waals surface area contributed by atoms with Crippen molar-refractivity contribution in [2.24, 2.45) is 0 Å². The number of nitrogens with one attached hydrogen (secondary N) is 1. The molecule has 154 valence electrons. The van der Waals surface area contributed by atoms with Crippen LogP contribution in [0.2, 0.25) is 0 Å². The maximum absolute atomic E-state index is 12.3. The molecule has 0 amide bonds. The van der Waals surface area contributed by atoms with Crippen molar-refractivity contribution in [3.05, 3.63) is 18.2 Å². The van der Waals surface area contributed by atoms with Crippen molar-refractivity contribution in [3.63, 3.8) is 0 Å². The highest BCUT2D eigenvalue weighted by atomic mass is 32.1. The van der Waals surface area contributed by atoms with Gasteiger partial charge >= 0.3 is 12.3 Å². The summed E-state index contributed by atoms with van der Waals surface area (Å²) in [5.74, 6) is -2.02. The summed E-state index contributed by atoms with van der Waals surface area (Å²) in [6.45, 7) is 0. The monoisotopic (exact) mass is 426 g/mol. The molecule has 0 aliphatic carbocycles. The molecule has 1 aromatic carbocycles. The number of carboxylic acids is 1. The lowest BCUT2D eigenvalue weighted by molar-refractivity contribution is -0.287. The van der Waals surface area contributed by atoms with Gasteiger partial charge in [-0.25, -0.2) is 20.1 Å². The number of ether oxygens (including phenoxy) is 2. The zero-order valence-electron chi connectivity index (χ0n) is 13.5. The minimum atomic E-state index is -4.84. The number of aliphatic hydroxyl groups is 3. The Morgan fingerprint density at radius 3 is 2.57 bits per heavy atom. The molecule has 1 fully saturated rings. The standard InChI is InChI=1S/C14H13F3N2O8S/c15-14(16,17)26-4-1-2-5-6(3-4)28-13(18-5)19-27-12-9(22)7(20)8(21)10(25-12)11(23)24/h1-3,7-10,12,20-22H,(H,18,19)(H,23,24)/t7-,8-,9+,10-,12-/m0/s1. The van der Waals surface area contributed by atoms with Crippen molar-refractivity contribution in [2.75, 3.05) is 5.48 Å². The molecule has 5 atom stereocenters. The minimum absolute atomic E-state index is 0.0439. The first-order chi connectivity index (χ1) is 13.0. The smallest absolute Gasteiger partial charge is 0.479 e. The first-order valence-corrected chi connectivity index (χ1v) is 8.37. The number of rotatable bonds is 5. The molecule has 0 spiro atoms. The maximum atomic E-state index is 12.3. The number of fused-ring (bicyclic) bond motifs is 1. The van der Waals surface area contributed by atoms with Crippen LogP contribution >= 0.6 is 11.3 Å².